The summed E-state index contributed by atoms with van der Waals surface area (Å²) in [6.07, 6.45) is 1.90. The molecule has 0 saturated carbocycles. The molecule has 0 aliphatic carbocycles. The van der Waals surface area contributed by atoms with E-state index >= 15 is 0 Å². The lowest BCUT2D eigenvalue weighted by molar-refractivity contribution is -0.140. The molecule has 29 heavy (non-hydrogen) atoms. The van der Waals surface area contributed by atoms with Crippen LogP contribution >= 0.6 is 0 Å². The van der Waals surface area contributed by atoms with Gasteiger partial charge in [-0.15, -0.1) is 0 Å². The summed E-state index contributed by atoms with van der Waals surface area (Å²) in [7, 11) is 6.52. The Morgan fingerprint density at radius 1 is 1.03 bits per heavy atom. The molecule has 0 fully saturated rings. The van der Waals surface area contributed by atoms with E-state index in [1.807, 2.05) is 42.1 Å². The molecule has 0 saturated heterocycles. The number of methoxy groups -OCH3 is 2. The second kappa shape index (κ2) is 6.84. The number of aliphatic carboxylic acids is 1. The standard InChI is InChI=1S/C22H22N2O5/c1-23-11-15(12-7-5-6-8-16(12)23)20-19(22(26)27)13-9-17(28-3)18(29-4)10-14(13)21(25)24(20)2/h5-11,19-20H,1-4H3,(H,26,27). The largest absolute Gasteiger partial charge is 0.493 e. The zero-order valence-electron chi connectivity index (χ0n) is 16.7. The van der Waals surface area contributed by atoms with Gasteiger partial charge in [-0.2, -0.15) is 0 Å². The number of carboxylic acid groups (broad SMARTS) is 1. The van der Waals surface area contributed by atoms with E-state index in [1.165, 1.54) is 19.1 Å². The van der Waals surface area contributed by atoms with E-state index in [-0.39, 0.29) is 5.91 Å². The Labute approximate surface area is 168 Å². The minimum atomic E-state index is -1.00. The van der Waals surface area contributed by atoms with Crippen LogP contribution in [0.1, 0.15) is 33.4 Å². The molecule has 1 N–H and O–H groups in total. The first-order valence-corrected chi connectivity index (χ1v) is 9.18. The van der Waals surface area contributed by atoms with Crippen molar-refractivity contribution in [2.24, 2.45) is 7.05 Å². The molecular weight excluding hydrogens is 372 g/mol. The molecule has 4 rings (SSSR count). The number of ether oxygens (including phenoxy) is 2. The number of hydrogen-bond acceptors (Lipinski definition) is 4. The maximum Gasteiger partial charge on any atom is 0.313 e. The van der Waals surface area contributed by atoms with Crippen LogP contribution in [0.2, 0.25) is 0 Å². The number of fused-ring (bicyclic) bond motifs is 2. The normalized spacial score (nSPS) is 18.6. The van der Waals surface area contributed by atoms with Crippen LogP contribution in [0.25, 0.3) is 10.9 Å². The fourth-order valence-electron chi connectivity index (χ4n) is 4.31. The number of hydrogen-bond donors (Lipinski definition) is 1. The number of amides is 1. The SMILES string of the molecule is COc1cc2c(cc1OC)C(C(=O)O)C(c1cn(C)c3ccccc13)N(C)C2=O. The van der Waals surface area contributed by atoms with Gasteiger partial charge < -0.3 is 24.0 Å². The lowest BCUT2D eigenvalue weighted by Gasteiger charge is -2.38. The molecule has 2 unspecified atom stereocenters. The number of rotatable bonds is 4. The van der Waals surface area contributed by atoms with Crippen molar-refractivity contribution in [3.63, 3.8) is 0 Å². The minimum absolute atomic E-state index is 0.253. The van der Waals surface area contributed by atoms with Crippen LogP contribution in [-0.2, 0) is 11.8 Å². The van der Waals surface area contributed by atoms with Crippen LogP contribution in [0.15, 0.2) is 42.6 Å². The van der Waals surface area contributed by atoms with Crippen molar-refractivity contribution in [1.82, 2.24) is 9.47 Å². The van der Waals surface area contributed by atoms with E-state index in [0.29, 0.717) is 22.6 Å². The molecule has 3 aromatic rings. The molecule has 0 bridgehead atoms. The molecule has 2 heterocycles. The van der Waals surface area contributed by atoms with Gasteiger partial charge in [-0.25, -0.2) is 0 Å². The molecule has 2 aromatic carbocycles. The number of aryl methyl sites for hydroxylation is 1. The summed E-state index contributed by atoms with van der Waals surface area (Å²) < 4.78 is 12.6. The van der Waals surface area contributed by atoms with Gasteiger partial charge >= 0.3 is 5.97 Å². The predicted molar refractivity (Wildman–Crippen MR) is 108 cm³/mol. The minimum Gasteiger partial charge on any atom is -0.493 e. The van der Waals surface area contributed by atoms with Gasteiger partial charge in [0.1, 0.15) is 5.92 Å². The molecule has 1 aliphatic rings. The third-order valence-corrected chi connectivity index (χ3v) is 5.69. The molecule has 2 atom stereocenters. The van der Waals surface area contributed by atoms with Gasteiger partial charge in [-0.1, -0.05) is 18.2 Å². The first-order chi connectivity index (χ1) is 13.9. The van der Waals surface area contributed by atoms with E-state index in [9.17, 15) is 14.7 Å². The average Bonchev–Trinajstić information content (AvgIpc) is 3.05. The summed E-state index contributed by atoms with van der Waals surface area (Å²) in [6, 6.07) is 10.3. The van der Waals surface area contributed by atoms with Crippen LogP contribution in [0.5, 0.6) is 11.5 Å². The fraction of sp³-hybridized carbons (Fsp3) is 0.273. The number of para-hydroxylation sites is 1. The summed E-state index contributed by atoms with van der Waals surface area (Å²) in [4.78, 5) is 27.2. The summed E-state index contributed by atoms with van der Waals surface area (Å²) >= 11 is 0. The number of carbonyl (C=O) groups excluding carboxylic acids is 1. The first kappa shape index (κ1) is 18.9. The van der Waals surface area contributed by atoms with Gasteiger partial charge in [0.05, 0.1) is 20.3 Å². The zero-order valence-corrected chi connectivity index (χ0v) is 16.7. The molecule has 7 nitrogen and oxygen atoms in total. The average molecular weight is 394 g/mol. The monoisotopic (exact) mass is 394 g/mol. The first-order valence-electron chi connectivity index (χ1n) is 9.18. The predicted octanol–water partition coefficient (Wildman–Crippen LogP) is 3.19. The quantitative estimate of drug-likeness (QED) is 0.735. The highest BCUT2D eigenvalue weighted by atomic mass is 16.5. The molecule has 0 spiro atoms. The Balaban J connectivity index is 1.99. The van der Waals surface area contributed by atoms with Crippen molar-refractivity contribution >= 4 is 22.8 Å². The number of aromatic nitrogens is 1. The van der Waals surface area contributed by atoms with Gasteiger partial charge in [0, 0.05) is 42.3 Å². The topological polar surface area (TPSA) is 81.0 Å². The highest BCUT2D eigenvalue weighted by Gasteiger charge is 2.44. The molecule has 7 heteroatoms. The van der Waals surface area contributed by atoms with Crippen LogP contribution in [0.4, 0.5) is 0 Å². The van der Waals surface area contributed by atoms with Crippen LogP contribution < -0.4 is 9.47 Å². The van der Waals surface area contributed by atoms with E-state index in [0.717, 1.165) is 16.5 Å². The van der Waals surface area contributed by atoms with Crippen molar-refractivity contribution in [1.29, 1.82) is 0 Å². The highest BCUT2D eigenvalue weighted by molar-refractivity contribution is 6.01. The smallest absolute Gasteiger partial charge is 0.313 e. The third kappa shape index (κ3) is 2.73. The van der Waals surface area contributed by atoms with Gasteiger partial charge in [0.2, 0.25) is 0 Å². The van der Waals surface area contributed by atoms with Crippen molar-refractivity contribution < 1.29 is 24.2 Å². The molecule has 1 aromatic heterocycles. The number of carboxylic acids is 1. The van der Waals surface area contributed by atoms with Crippen molar-refractivity contribution in [2.45, 2.75) is 12.0 Å². The van der Waals surface area contributed by atoms with Gasteiger partial charge in [-0.3, -0.25) is 9.59 Å². The number of benzene rings is 2. The Morgan fingerprint density at radius 2 is 1.69 bits per heavy atom. The van der Waals surface area contributed by atoms with E-state index < -0.39 is 17.9 Å². The van der Waals surface area contributed by atoms with Crippen LogP contribution in [0, 0.1) is 0 Å². The van der Waals surface area contributed by atoms with E-state index in [4.69, 9.17) is 9.47 Å². The molecule has 150 valence electrons. The summed E-state index contributed by atoms with van der Waals surface area (Å²) in [5.41, 5.74) is 2.52. The zero-order chi connectivity index (χ0) is 20.9. The van der Waals surface area contributed by atoms with E-state index in [1.54, 1.807) is 19.2 Å². The fourth-order valence-corrected chi connectivity index (χ4v) is 4.31. The number of carbonyl (C=O) groups is 2. The molecule has 1 aliphatic heterocycles. The molecule has 0 radical (unpaired) electrons. The van der Waals surface area contributed by atoms with Crippen molar-refractivity contribution in [3.05, 3.63) is 59.3 Å². The Kier molecular flexibility index (Phi) is 4.45. The van der Waals surface area contributed by atoms with Crippen LogP contribution in [-0.4, -0.2) is 47.7 Å². The number of nitrogens with zero attached hydrogens (tertiary/aromatic N) is 2. The number of likely N-dealkylation sites (N-methyl/N-ethyl adjacent to an activating group) is 1. The lowest BCUT2D eigenvalue weighted by atomic mass is 9.79. The van der Waals surface area contributed by atoms with Gasteiger partial charge in [-0.05, 0) is 23.8 Å². The third-order valence-electron chi connectivity index (χ3n) is 5.69. The maximum atomic E-state index is 13.2. The van der Waals surface area contributed by atoms with Gasteiger partial charge in [0.15, 0.2) is 11.5 Å². The Morgan fingerprint density at radius 3 is 2.34 bits per heavy atom. The second-order valence-electron chi connectivity index (χ2n) is 7.18. The summed E-state index contributed by atoms with van der Waals surface area (Å²) in [5.74, 6) is -1.42. The lowest BCUT2D eigenvalue weighted by Crippen LogP contribution is -2.42. The van der Waals surface area contributed by atoms with Crippen molar-refractivity contribution in [2.75, 3.05) is 21.3 Å². The highest BCUT2D eigenvalue weighted by Crippen LogP contribution is 2.47. The summed E-state index contributed by atoms with van der Waals surface area (Å²) in [6.45, 7) is 0. The maximum absolute atomic E-state index is 13.2. The summed E-state index contributed by atoms with van der Waals surface area (Å²) in [5, 5.41) is 11.1. The Bertz CT molecular complexity index is 1130. The van der Waals surface area contributed by atoms with Crippen LogP contribution in [0.3, 0.4) is 0 Å². The van der Waals surface area contributed by atoms with E-state index in [2.05, 4.69) is 0 Å². The van der Waals surface area contributed by atoms with Crippen molar-refractivity contribution in [3.8, 4) is 11.5 Å². The molecule has 1 amide bonds. The Hall–Kier alpha value is -3.48. The molecular formula is C22H22N2O5. The second-order valence-corrected chi connectivity index (χ2v) is 7.18. The van der Waals surface area contributed by atoms with Gasteiger partial charge in [0.25, 0.3) is 5.91 Å².